The van der Waals surface area contributed by atoms with Gasteiger partial charge in [-0.1, -0.05) is 0 Å². The van der Waals surface area contributed by atoms with Gasteiger partial charge < -0.3 is 4.57 Å². The van der Waals surface area contributed by atoms with Crippen molar-refractivity contribution in [3.8, 4) is 0 Å². The predicted octanol–water partition coefficient (Wildman–Crippen LogP) is 5.54. The molecule has 0 fully saturated rings. The lowest BCUT2D eigenvalue weighted by molar-refractivity contribution is 0.542. The van der Waals surface area contributed by atoms with Gasteiger partial charge >= 0.3 is 0 Å². The van der Waals surface area contributed by atoms with Crippen molar-refractivity contribution in [3.05, 3.63) is 50.6 Å². The summed E-state index contributed by atoms with van der Waals surface area (Å²) in [6.07, 6.45) is 0.872. The molecule has 0 N–H and O–H groups in total. The monoisotopic (exact) mass is 386 g/mol. The quantitative estimate of drug-likeness (QED) is 0.537. The second-order valence-corrected chi connectivity index (χ2v) is 6.87. The molecule has 0 radical (unpaired) electrons. The normalized spacial score (nSPS) is 13.0. The van der Waals surface area contributed by atoms with E-state index in [1.165, 1.54) is 11.6 Å². The van der Waals surface area contributed by atoms with Crippen molar-refractivity contribution in [1.29, 1.82) is 0 Å². The Morgan fingerprint density at radius 2 is 2.29 bits per heavy atom. The van der Waals surface area contributed by atoms with Gasteiger partial charge in [0.15, 0.2) is 0 Å². The van der Waals surface area contributed by atoms with Crippen LogP contribution in [0.15, 0.2) is 33.4 Å². The minimum Gasteiger partial charge on any atom is -0.324 e. The van der Waals surface area contributed by atoms with Crippen molar-refractivity contribution >= 4 is 49.9 Å². The molecule has 3 rings (SSSR count). The topological polar surface area (TPSA) is 17.8 Å². The van der Waals surface area contributed by atoms with Crippen LogP contribution in [0.4, 0.5) is 4.39 Å². The summed E-state index contributed by atoms with van der Waals surface area (Å²) in [5.41, 5.74) is 2.82. The van der Waals surface area contributed by atoms with Crippen molar-refractivity contribution in [2.75, 3.05) is 0 Å². The van der Waals surface area contributed by atoms with E-state index in [1.54, 1.807) is 17.4 Å². The molecule has 1 atom stereocenters. The second-order valence-electron chi connectivity index (χ2n) is 4.97. The van der Waals surface area contributed by atoms with E-state index in [0.29, 0.717) is 10.4 Å². The molecule has 1 unspecified atom stereocenters. The number of fused-ring (bicyclic) bond motifs is 1. The van der Waals surface area contributed by atoms with Crippen LogP contribution in [0.5, 0.6) is 0 Å². The molecule has 1 aromatic carbocycles. The summed E-state index contributed by atoms with van der Waals surface area (Å²) in [6, 6.07) is 5.50. The Labute approximate surface area is 139 Å². The van der Waals surface area contributed by atoms with Crippen molar-refractivity contribution in [2.45, 2.75) is 25.3 Å². The minimum absolute atomic E-state index is 0.166. The molecule has 6 heteroatoms. The first-order chi connectivity index (χ1) is 10.1. The van der Waals surface area contributed by atoms with E-state index in [2.05, 4.69) is 44.7 Å². The number of alkyl halides is 1. The van der Waals surface area contributed by atoms with Crippen molar-refractivity contribution in [1.82, 2.24) is 9.55 Å². The number of benzene rings is 1. The largest absolute Gasteiger partial charge is 0.324 e. The average Bonchev–Trinajstić information content (AvgIpc) is 3.06. The van der Waals surface area contributed by atoms with Gasteiger partial charge in [0.25, 0.3) is 0 Å². The molecule has 21 heavy (non-hydrogen) atoms. The third-order valence-electron chi connectivity index (χ3n) is 3.48. The van der Waals surface area contributed by atoms with Crippen LogP contribution in [0, 0.1) is 5.82 Å². The van der Waals surface area contributed by atoms with E-state index in [4.69, 9.17) is 11.6 Å². The summed E-state index contributed by atoms with van der Waals surface area (Å²) >= 11 is 10.9. The smallest absolute Gasteiger partial charge is 0.139 e. The highest BCUT2D eigenvalue weighted by Gasteiger charge is 2.17. The molecular formula is C15H13BrClFN2S. The molecule has 0 bridgehead atoms. The van der Waals surface area contributed by atoms with E-state index in [-0.39, 0.29) is 11.9 Å². The first kappa shape index (κ1) is 15.0. The highest BCUT2D eigenvalue weighted by atomic mass is 79.9. The molecule has 0 aliphatic heterocycles. The highest BCUT2D eigenvalue weighted by molar-refractivity contribution is 9.10. The van der Waals surface area contributed by atoms with Gasteiger partial charge in [0.05, 0.1) is 21.4 Å². The first-order valence-electron chi connectivity index (χ1n) is 6.53. The molecule has 0 aliphatic rings. The van der Waals surface area contributed by atoms with Gasteiger partial charge in [-0.25, -0.2) is 9.37 Å². The van der Waals surface area contributed by atoms with Crippen LogP contribution < -0.4 is 0 Å². The Bertz CT molecular complexity index is 770. The van der Waals surface area contributed by atoms with Crippen LogP contribution in [-0.4, -0.2) is 9.55 Å². The number of imidazole rings is 1. The lowest BCUT2D eigenvalue weighted by Crippen LogP contribution is -2.11. The van der Waals surface area contributed by atoms with Gasteiger partial charge in [-0.15, -0.1) is 11.6 Å². The molecule has 0 amide bonds. The SMILES string of the molecule is CC(Cc1ccsc1)n1c(CCl)nc2cc(Br)c(F)cc21. The molecule has 0 aliphatic carbocycles. The lowest BCUT2D eigenvalue weighted by atomic mass is 10.1. The van der Waals surface area contributed by atoms with Crippen LogP contribution in [0.2, 0.25) is 0 Å². The Kier molecular flexibility index (Phi) is 4.33. The fourth-order valence-corrected chi connectivity index (χ4v) is 3.77. The number of thiophene rings is 1. The fraction of sp³-hybridized carbons (Fsp3) is 0.267. The summed E-state index contributed by atoms with van der Waals surface area (Å²) < 4.78 is 16.3. The number of hydrogen-bond acceptors (Lipinski definition) is 2. The Hall–Kier alpha value is -0.910. The molecule has 0 saturated heterocycles. The van der Waals surface area contributed by atoms with E-state index >= 15 is 0 Å². The van der Waals surface area contributed by atoms with Crippen molar-refractivity contribution in [2.24, 2.45) is 0 Å². The van der Waals surface area contributed by atoms with E-state index in [1.807, 2.05) is 4.57 Å². The average molecular weight is 388 g/mol. The van der Waals surface area contributed by atoms with Crippen LogP contribution in [0.3, 0.4) is 0 Å². The zero-order valence-corrected chi connectivity index (χ0v) is 14.5. The number of rotatable bonds is 4. The van der Waals surface area contributed by atoms with Crippen LogP contribution in [0.1, 0.15) is 24.4 Å². The summed E-state index contributed by atoms with van der Waals surface area (Å²) in [4.78, 5) is 4.52. The molecule has 0 spiro atoms. The number of halogens is 3. The van der Waals surface area contributed by atoms with Crippen molar-refractivity contribution < 1.29 is 4.39 Å². The number of nitrogens with zero attached hydrogens (tertiary/aromatic N) is 2. The number of aromatic nitrogens is 2. The lowest BCUT2D eigenvalue weighted by Gasteiger charge is -2.16. The van der Waals surface area contributed by atoms with Gasteiger partial charge in [-0.3, -0.25) is 0 Å². The Morgan fingerprint density at radius 1 is 1.48 bits per heavy atom. The maximum Gasteiger partial charge on any atom is 0.139 e. The fourth-order valence-electron chi connectivity index (χ4n) is 2.57. The molecule has 2 nitrogen and oxygen atoms in total. The van der Waals surface area contributed by atoms with E-state index in [0.717, 1.165) is 23.3 Å². The molecule has 2 aromatic heterocycles. The zero-order valence-electron chi connectivity index (χ0n) is 11.3. The maximum atomic E-state index is 13.9. The molecule has 0 saturated carbocycles. The molecular weight excluding hydrogens is 375 g/mol. The van der Waals surface area contributed by atoms with Gasteiger partial charge in [-0.2, -0.15) is 11.3 Å². The van der Waals surface area contributed by atoms with Gasteiger partial charge in [-0.05, 0) is 57.7 Å². The van der Waals surface area contributed by atoms with Gasteiger partial charge in [0.2, 0.25) is 0 Å². The third-order valence-corrected chi connectivity index (χ3v) is 5.05. The standard InChI is InChI=1S/C15H13BrClFN2S/c1-9(4-10-2-3-21-8-10)20-14-6-12(18)11(16)5-13(14)19-15(20)7-17/h2-3,5-6,8-9H,4,7H2,1H3. The van der Waals surface area contributed by atoms with Gasteiger partial charge in [0, 0.05) is 12.1 Å². The van der Waals surface area contributed by atoms with Gasteiger partial charge in [0.1, 0.15) is 11.6 Å². The predicted molar refractivity (Wildman–Crippen MR) is 89.7 cm³/mol. The van der Waals surface area contributed by atoms with E-state index in [9.17, 15) is 4.39 Å². The zero-order chi connectivity index (χ0) is 15.0. The summed E-state index contributed by atoms with van der Waals surface area (Å²) in [5.74, 6) is 0.793. The van der Waals surface area contributed by atoms with Crippen LogP contribution in [0.25, 0.3) is 11.0 Å². The molecule has 2 heterocycles. The highest BCUT2D eigenvalue weighted by Crippen LogP contribution is 2.29. The Balaban J connectivity index is 2.09. The van der Waals surface area contributed by atoms with Crippen molar-refractivity contribution in [3.63, 3.8) is 0 Å². The molecule has 3 aromatic rings. The first-order valence-corrected chi connectivity index (χ1v) is 8.80. The second kappa shape index (κ2) is 6.07. The maximum absolute atomic E-state index is 13.9. The summed E-state index contributed by atoms with van der Waals surface area (Å²) in [6.45, 7) is 2.11. The summed E-state index contributed by atoms with van der Waals surface area (Å²) in [5, 5.41) is 4.19. The van der Waals surface area contributed by atoms with E-state index < -0.39 is 0 Å². The number of hydrogen-bond donors (Lipinski definition) is 0. The minimum atomic E-state index is -0.285. The molecule has 110 valence electrons. The van der Waals surface area contributed by atoms with Crippen LogP contribution >= 0.6 is 38.9 Å². The summed E-state index contributed by atoms with van der Waals surface area (Å²) in [7, 11) is 0. The Morgan fingerprint density at radius 3 is 2.95 bits per heavy atom. The third kappa shape index (κ3) is 2.87. The van der Waals surface area contributed by atoms with Crippen LogP contribution in [-0.2, 0) is 12.3 Å².